The summed E-state index contributed by atoms with van der Waals surface area (Å²) < 4.78 is 7.04. The summed E-state index contributed by atoms with van der Waals surface area (Å²) in [6, 6.07) is 9.08. The molecular weight excluding hydrogens is 360 g/mol. The van der Waals surface area contributed by atoms with Gasteiger partial charge in [0.25, 0.3) is 5.56 Å². The summed E-state index contributed by atoms with van der Waals surface area (Å²) in [5.74, 6) is -0.360. The van der Waals surface area contributed by atoms with Crippen molar-refractivity contribution in [1.29, 1.82) is 0 Å². The van der Waals surface area contributed by atoms with E-state index in [9.17, 15) is 9.59 Å². The van der Waals surface area contributed by atoms with E-state index in [2.05, 4.69) is 4.98 Å². The molecule has 0 saturated heterocycles. The van der Waals surface area contributed by atoms with Gasteiger partial charge in [-0.1, -0.05) is 36.8 Å². The first-order valence-electron chi connectivity index (χ1n) is 9.39. The highest BCUT2D eigenvalue weighted by Crippen LogP contribution is 2.30. The fraction of sp³-hybridized carbons (Fsp3) is 0.381. The molecule has 1 aliphatic rings. The molecule has 3 aromatic rings. The van der Waals surface area contributed by atoms with Crippen LogP contribution in [-0.2, 0) is 9.53 Å². The average molecular weight is 382 g/mol. The molecule has 140 valence electrons. The van der Waals surface area contributed by atoms with Crippen LogP contribution in [0.2, 0.25) is 0 Å². The van der Waals surface area contributed by atoms with Crippen molar-refractivity contribution >= 4 is 27.5 Å². The van der Waals surface area contributed by atoms with E-state index >= 15 is 0 Å². The topological polar surface area (TPSA) is 61.2 Å². The Morgan fingerprint density at radius 3 is 2.70 bits per heavy atom. The molecule has 0 bridgehead atoms. The van der Waals surface area contributed by atoms with E-state index in [1.54, 1.807) is 6.92 Å². The average Bonchev–Trinajstić information content (AvgIpc) is 3.14. The van der Waals surface area contributed by atoms with Gasteiger partial charge >= 0.3 is 5.97 Å². The summed E-state index contributed by atoms with van der Waals surface area (Å²) in [5, 5.41) is 2.51. The van der Waals surface area contributed by atoms with Gasteiger partial charge in [0.2, 0.25) is 0 Å². The third-order valence-electron chi connectivity index (χ3n) is 5.20. The molecule has 2 heterocycles. The van der Waals surface area contributed by atoms with Crippen LogP contribution >= 0.6 is 11.3 Å². The lowest BCUT2D eigenvalue weighted by atomic mass is 9.98. The summed E-state index contributed by atoms with van der Waals surface area (Å²) in [5.41, 5.74) is 1.63. The molecule has 0 radical (unpaired) electrons. The molecule has 1 atom stereocenters. The van der Waals surface area contributed by atoms with Crippen LogP contribution in [0.4, 0.5) is 0 Å². The summed E-state index contributed by atoms with van der Waals surface area (Å²) in [4.78, 5) is 30.8. The van der Waals surface area contributed by atoms with Crippen molar-refractivity contribution in [3.63, 3.8) is 0 Å². The van der Waals surface area contributed by atoms with Crippen molar-refractivity contribution < 1.29 is 9.53 Å². The predicted molar refractivity (Wildman–Crippen MR) is 107 cm³/mol. The van der Waals surface area contributed by atoms with Crippen LogP contribution in [0, 0.1) is 0 Å². The van der Waals surface area contributed by atoms with Crippen LogP contribution in [-0.4, -0.2) is 21.6 Å². The van der Waals surface area contributed by atoms with Crippen LogP contribution in [0.1, 0.15) is 45.1 Å². The maximum atomic E-state index is 13.1. The van der Waals surface area contributed by atoms with Crippen molar-refractivity contribution in [2.75, 3.05) is 0 Å². The molecule has 1 aliphatic carbocycles. The summed E-state index contributed by atoms with van der Waals surface area (Å²) in [6.45, 7) is 1.70. The molecule has 6 heteroatoms. The van der Waals surface area contributed by atoms with E-state index in [1.807, 2.05) is 35.7 Å². The van der Waals surface area contributed by atoms with Crippen molar-refractivity contribution in [1.82, 2.24) is 9.55 Å². The first kappa shape index (κ1) is 17.9. The zero-order valence-electron chi connectivity index (χ0n) is 15.3. The van der Waals surface area contributed by atoms with Gasteiger partial charge in [0.15, 0.2) is 0 Å². The van der Waals surface area contributed by atoms with E-state index in [0.29, 0.717) is 10.2 Å². The van der Waals surface area contributed by atoms with Crippen molar-refractivity contribution in [2.24, 2.45) is 0 Å². The third-order valence-corrected chi connectivity index (χ3v) is 6.08. The molecule has 5 nitrogen and oxygen atoms in total. The predicted octanol–water partition coefficient (Wildman–Crippen LogP) is 4.56. The number of thiophene rings is 1. The van der Waals surface area contributed by atoms with Gasteiger partial charge in [-0.25, -0.2) is 9.78 Å². The Labute approximate surface area is 161 Å². The standard InChI is InChI=1S/C21H22N2O3S/c1-14(21(25)26-16-10-6-3-7-11-16)23-13-22-19-18(20(23)24)17(12-27-19)15-8-4-2-5-9-15/h2,4-5,8-9,12-14,16H,3,6-7,10-11H2,1H3/t14-/m0/s1. The number of carbonyl (C=O) groups is 1. The van der Waals surface area contributed by atoms with Crippen LogP contribution in [0.5, 0.6) is 0 Å². The molecule has 4 rings (SSSR count). The summed E-state index contributed by atoms with van der Waals surface area (Å²) in [6.07, 6.45) is 6.64. The number of rotatable bonds is 4. The van der Waals surface area contributed by atoms with Crippen LogP contribution in [0.25, 0.3) is 21.3 Å². The summed E-state index contributed by atoms with van der Waals surface area (Å²) >= 11 is 1.44. The van der Waals surface area contributed by atoms with Gasteiger partial charge in [0.1, 0.15) is 17.0 Å². The third kappa shape index (κ3) is 3.54. The second-order valence-corrected chi connectivity index (χ2v) is 7.88. The van der Waals surface area contributed by atoms with Gasteiger partial charge in [-0.05, 0) is 38.2 Å². The Bertz CT molecular complexity index is 1000. The lowest BCUT2D eigenvalue weighted by molar-refractivity contribution is -0.154. The zero-order valence-corrected chi connectivity index (χ0v) is 16.1. The van der Waals surface area contributed by atoms with E-state index in [0.717, 1.165) is 36.8 Å². The van der Waals surface area contributed by atoms with Gasteiger partial charge < -0.3 is 4.74 Å². The Kier molecular flexibility index (Phi) is 5.07. The number of esters is 1. The van der Waals surface area contributed by atoms with E-state index in [-0.39, 0.29) is 17.6 Å². The first-order chi connectivity index (χ1) is 13.1. The largest absolute Gasteiger partial charge is 0.461 e. The molecule has 0 N–H and O–H groups in total. The Balaban J connectivity index is 1.67. The first-order valence-corrected chi connectivity index (χ1v) is 10.3. The van der Waals surface area contributed by atoms with Crippen molar-refractivity contribution in [3.05, 3.63) is 52.4 Å². The number of aromatic nitrogens is 2. The highest BCUT2D eigenvalue weighted by molar-refractivity contribution is 7.17. The van der Waals surface area contributed by atoms with Gasteiger partial charge in [0.05, 0.1) is 11.7 Å². The molecule has 0 amide bonds. The van der Waals surface area contributed by atoms with Crippen LogP contribution < -0.4 is 5.56 Å². The fourth-order valence-electron chi connectivity index (χ4n) is 3.61. The Morgan fingerprint density at radius 2 is 1.96 bits per heavy atom. The van der Waals surface area contributed by atoms with Crippen LogP contribution in [0.3, 0.4) is 0 Å². The molecule has 1 saturated carbocycles. The Morgan fingerprint density at radius 1 is 1.22 bits per heavy atom. The van der Waals surface area contributed by atoms with E-state index in [4.69, 9.17) is 4.74 Å². The number of hydrogen-bond donors (Lipinski definition) is 0. The Hall–Kier alpha value is -2.47. The molecule has 1 fully saturated rings. The minimum atomic E-state index is -0.695. The number of nitrogens with zero attached hydrogens (tertiary/aromatic N) is 2. The van der Waals surface area contributed by atoms with Gasteiger partial charge in [-0.15, -0.1) is 11.3 Å². The highest BCUT2D eigenvalue weighted by atomic mass is 32.1. The number of hydrogen-bond acceptors (Lipinski definition) is 5. The number of carbonyl (C=O) groups excluding carboxylic acids is 1. The molecule has 0 aliphatic heterocycles. The molecular formula is C21H22N2O3S. The van der Waals surface area contributed by atoms with E-state index in [1.165, 1.54) is 28.7 Å². The zero-order chi connectivity index (χ0) is 18.8. The lowest BCUT2D eigenvalue weighted by Crippen LogP contribution is -2.32. The number of ether oxygens (including phenoxy) is 1. The second kappa shape index (κ2) is 7.64. The lowest BCUT2D eigenvalue weighted by Gasteiger charge is -2.24. The normalized spacial score (nSPS) is 16.3. The summed E-state index contributed by atoms with van der Waals surface area (Å²) in [7, 11) is 0. The highest BCUT2D eigenvalue weighted by Gasteiger charge is 2.25. The molecule has 2 aromatic heterocycles. The smallest absolute Gasteiger partial charge is 0.329 e. The van der Waals surface area contributed by atoms with Gasteiger partial charge in [-0.2, -0.15) is 0 Å². The molecule has 27 heavy (non-hydrogen) atoms. The maximum Gasteiger partial charge on any atom is 0.329 e. The van der Waals surface area contributed by atoms with Crippen molar-refractivity contribution in [3.8, 4) is 11.1 Å². The monoisotopic (exact) mass is 382 g/mol. The number of fused-ring (bicyclic) bond motifs is 1. The second-order valence-electron chi connectivity index (χ2n) is 7.03. The maximum absolute atomic E-state index is 13.1. The quantitative estimate of drug-likeness (QED) is 0.621. The molecule has 0 spiro atoms. The number of benzene rings is 1. The van der Waals surface area contributed by atoms with Crippen molar-refractivity contribution in [2.45, 2.75) is 51.2 Å². The minimum Gasteiger partial charge on any atom is -0.461 e. The van der Waals surface area contributed by atoms with Gasteiger partial charge in [-0.3, -0.25) is 9.36 Å². The molecule has 1 aromatic carbocycles. The van der Waals surface area contributed by atoms with Crippen LogP contribution in [0.15, 0.2) is 46.8 Å². The van der Waals surface area contributed by atoms with E-state index < -0.39 is 6.04 Å². The molecule has 0 unspecified atom stereocenters. The fourth-order valence-corrected chi connectivity index (χ4v) is 4.52. The SMILES string of the molecule is C[C@@H](C(=O)OC1CCCCC1)n1cnc2scc(-c3ccccc3)c2c1=O. The van der Waals surface area contributed by atoms with Gasteiger partial charge in [0, 0.05) is 10.9 Å². The minimum absolute atomic E-state index is 0.0258.